The summed E-state index contributed by atoms with van der Waals surface area (Å²) in [5, 5.41) is 11.0. The van der Waals surface area contributed by atoms with E-state index in [4.69, 9.17) is 0 Å². The minimum absolute atomic E-state index is 0.133. The van der Waals surface area contributed by atoms with Gasteiger partial charge in [-0.15, -0.1) is 5.10 Å². The second kappa shape index (κ2) is 6.53. The molecule has 2 aromatic carbocycles. The average Bonchev–Trinajstić information content (AvgIpc) is 3.09. The van der Waals surface area contributed by atoms with Crippen LogP contribution in [-0.4, -0.2) is 28.6 Å². The van der Waals surface area contributed by atoms with Crippen LogP contribution in [0.4, 0.5) is 5.69 Å². The van der Waals surface area contributed by atoms with Crippen molar-refractivity contribution in [3.63, 3.8) is 0 Å². The molecule has 0 unspecified atom stereocenters. The number of nitrogens with zero attached hydrogens (tertiary/aromatic N) is 4. The number of aryl methyl sites for hydroxylation is 1. The molecule has 3 rings (SSSR count). The molecule has 26 heavy (non-hydrogen) atoms. The molecule has 0 fully saturated rings. The number of tetrazole rings is 1. The molecule has 1 N–H and O–H groups in total. The SMILES string of the molecule is Cc1ccc(C(C)(C)C)cc1S(=O)(=O)Nc1ccc(-n2cnnn2)cc1. The van der Waals surface area contributed by atoms with Crippen molar-refractivity contribution in [1.82, 2.24) is 20.2 Å². The standard InChI is InChI=1S/C18H21N5O2S/c1-13-5-6-14(18(2,3)4)11-17(13)26(24,25)20-15-7-9-16(10-8-15)23-12-19-21-22-23/h5-12,20H,1-4H3. The summed E-state index contributed by atoms with van der Waals surface area (Å²) in [6, 6.07) is 12.4. The van der Waals surface area contributed by atoms with Crippen LogP contribution in [0.3, 0.4) is 0 Å². The predicted molar refractivity (Wildman–Crippen MR) is 99.8 cm³/mol. The molecule has 0 saturated carbocycles. The van der Waals surface area contributed by atoms with Crippen LogP contribution in [0.1, 0.15) is 31.9 Å². The molecule has 136 valence electrons. The van der Waals surface area contributed by atoms with E-state index in [1.807, 2.05) is 12.1 Å². The molecule has 0 bridgehead atoms. The third-order valence-corrected chi connectivity index (χ3v) is 5.60. The smallest absolute Gasteiger partial charge is 0.262 e. The molecule has 0 saturated heterocycles. The molecule has 0 radical (unpaired) electrons. The molecule has 0 amide bonds. The van der Waals surface area contributed by atoms with Crippen molar-refractivity contribution in [1.29, 1.82) is 0 Å². The molecule has 1 aromatic heterocycles. The van der Waals surface area contributed by atoms with Crippen molar-refractivity contribution in [3.05, 3.63) is 59.9 Å². The van der Waals surface area contributed by atoms with Gasteiger partial charge < -0.3 is 0 Å². The lowest BCUT2D eigenvalue weighted by Crippen LogP contribution is -2.17. The van der Waals surface area contributed by atoms with Crippen LogP contribution in [0.25, 0.3) is 5.69 Å². The van der Waals surface area contributed by atoms with E-state index in [1.165, 1.54) is 11.0 Å². The van der Waals surface area contributed by atoms with Gasteiger partial charge >= 0.3 is 0 Å². The van der Waals surface area contributed by atoms with Gasteiger partial charge in [-0.25, -0.2) is 13.1 Å². The molecule has 0 atom stereocenters. The van der Waals surface area contributed by atoms with E-state index in [0.717, 1.165) is 11.3 Å². The second-order valence-electron chi connectivity index (χ2n) is 7.14. The number of nitrogens with one attached hydrogen (secondary N) is 1. The zero-order valence-corrected chi connectivity index (χ0v) is 15.9. The van der Waals surface area contributed by atoms with Gasteiger partial charge in [0.05, 0.1) is 10.6 Å². The summed E-state index contributed by atoms with van der Waals surface area (Å²) in [7, 11) is -3.69. The Kier molecular flexibility index (Phi) is 4.53. The van der Waals surface area contributed by atoms with Crippen LogP contribution in [-0.2, 0) is 15.4 Å². The van der Waals surface area contributed by atoms with Gasteiger partial charge in [0.25, 0.3) is 10.0 Å². The highest BCUT2D eigenvalue weighted by molar-refractivity contribution is 7.92. The normalized spacial score (nSPS) is 12.2. The van der Waals surface area contributed by atoms with Crippen LogP contribution >= 0.6 is 0 Å². The van der Waals surface area contributed by atoms with Crippen molar-refractivity contribution >= 4 is 15.7 Å². The Morgan fingerprint density at radius 1 is 1.04 bits per heavy atom. The second-order valence-corrected chi connectivity index (χ2v) is 8.79. The topological polar surface area (TPSA) is 89.8 Å². The van der Waals surface area contributed by atoms with Crippen molar-refractivity contribution < 1.29 is 8.42 Å². The number of benzene rings is 2. The van der Waals surface area contributed by atoms with Crippen LogP contribution < -0.4 is 4.72 Å². The Hall–Kier alpha value is -2.74. The van der Waals surface area contributed by atoms with Crippen LogP contribution in [0, 0.1) is 6.92 Å². The molecule has 3 aromatic rings. The van der Waals surface area contributed by atoms with Gasteiger partial charge in [-0.1, -0.05) is 32.9 Å². The molecule has 7 nitrogen and oxygen atoms in total. The fraction of sp³-hybridized carbons (Fsp3) is 0.278. The number of hydrogen-bond donors (Lipinski definition) is 1. The van der Waals surface area contributed by atoms with Gasteiger partial charge in [0, 0.05) is 5.69 Å². The molecular formula is C18H21N5O2S. The first-order valence-corrected chi connectivity index (χ1v) is 9.62. The summed E-state index contributed by atoms with van der Waals surface area (Å²) >= 11 is 0. The summed E-state index contributed by atoms with van der Waals surface area (Å²) in [5.74, 6) is 0. The van der Waals surface area contributed by atoms with Crippen molar-refractivity contribution in [2.24, 2.45) is 0 Å². The Labute approximate surface area is 153 Å². The Bertz CT molecular complexity index is 1000. The van der Waals surface area contributed by atoms with Crippen LogP contribution in [0.2, 0.25) is 0 Å². The van der Waals surface area contributed by atoms with E-state index in [2.05, 4.69) is 41.0 Å². The highest BCUT2D eigenvalue weighted by Crippen LogP contribution is 2.28. The van der Waals surface area contributed by atoms with Crippen LogP contribution in [0.15, 0.2) is 53.7 Å². The summed E-state index contributed by atoms with van der Waals surface area (Å²) in [5.41, 5.74) is 2.76. The Balaban J connectivity index is 1.90. The first-order chi connectivity index (χ1) is 12.2. The summed E-state index contributed by atoms with van der Waals surface area (Å²) in [6.07, 6.45) is 1.47. The first kappa shape index (κ1) is 18.1. The third kappa shape index (κ3) is 3.75. The number of sulfonamides is 1. The minimum atomic E-state index is -3.69. The predicted octanol–water partition coefficient (Wildman–Crippen LogP) is 3.07. The first-order valence-electron chi connectivity index (χ1n) is 8.14. The summed E-state index contributed by atoms with van der Waals surface area (Å²) in [6.45, 7) is 7.96. The lowest BCUT2D eigenvalue weighted by molar-refractivity contribution is 0.584. The molecule has 0 aliphatic carbocycles. The number of aromatic nitrogens is 4. The average molecular weight is 371 g/mol. The van der Waals surface area contributed by atoms with Gasteiger partial charge in [0.15, 0.2) is 0 Å². The highest BCUT2D eigenvalue weighted by Gasteiger charge is 2.21. The number of anilines is 1. The van der Waals surface area contributed by atoms with Gasteiger partial charge in [0.2, 0.25) is 0 Å². The van der Waals surface area contributed by atoms with E-state index in [1.54, 1.807) is 37.3 Å². The van der Waals surface area contributed by atoms with Gasteiger partial charge in [-0.2, -0.15) is 0 Å². The van der Waals surface area contributed by atoms with E-state index < -0.39 is 10.0 Å². The largest absolute Gasteiger partial charge is 0.280 e. The fourth-order valence-electron chi connectivity index (χ4n) is 2.53. The maximum Gasteiger partial charge on any atom is 0.262 e. The monoisotopic (exact) mass is 371 g/mol. The van der Waals surface area contributed by atoms with E-state index >= 15 is 0 Å². The Morgan fingerprint density at radius 2 is 1.73 bits per heavy atom. The maximum absolute atomic E-state index is 12.9. The summed E-state index contributed by atoms with van der Waals surface area (Å²) < 4.78 is 29.9. The zero-order chi connectivity index (χ0) is 18.9. The molecule has 0 aliphatic rings. The minimum Gasteiger partial charge on any atom is -0.280 e. The molecule has 8 heteroatoms. The van der Waals surface area contributed by atoms with Crippen molar-refractivity contribution in [3.8, 4) is 5.69 Å². The zero-order valence-electron chi connectivity index (χ0n) is 15.1. The van der Waals surface area contributed by atoms with Gasteiger partial charge in [0.1, 0.15) is 6.33 Å². The van der Waals surface area contributed by atoms with E-state index in [9.17, 15) is 8.42 Å². The lowest BCUT2D eigenvalue weighted by atomic mass is 9.87. The quantitative estimate of drug-likeness (QED) is 0.761. The number of rotatable bonds is 4. The molecule has 0 spiro atoms. The number of hydrogen-bond acceptors (Lipinski definition) is 5. The maximum atomic E-state index is 12.9. The molecule has 0 aliphatic heterocycles. The molecular weight excluding hydrogens is 350 g/mol. The van der Waals surface area contributed by atoms with E-state index in [-0.39, 0.29) is 10.3 Å². The van der Waals surface area contributed by atoms with Crippen LogP contribution in [0.5, 0.6) is 0 Å². The van der Waals surface area contributed by atoms with Gasteiger partial charge in [-0.3, -0.25) is 4.72 Å². The lowest BCUT2D eigenvalue weighted by Gasteiger charge is -2.21. The molecule has 1 heterocycles. The third-order valence-electron chi connectivity index (χ3n) is 4.08. The Morgan fingerprint density at radius 3 is 2.31 bits per heavy atom. The van der Waals surface area contributed by atoms with Crippen molar-refractivity contribution in [2.45, 2.75) is 38.0 Å². The van der Waals surface area contributed by atoms with Gasteiger partial charge in [-0.05, 0) is 64.2 Å². The van der Waals surface area contributed by atoms with Crippen molar-refractivity contribution in [2.75, 3.05) is 4.72 Å². The fourth-order valence-corrected chi connectivity index (χ4v) is 3.86. The van der Waals surface area contributed by atoms with E-state index in [0.29, 0.717) is 11.3 Å². The summed E-state index contributed by atoms with van der Waals surface area (Å²) in [4.78, 5) is 0.287. The highest BCUT2D eigenvalue weighted by atomic mass is 32.2.